The first kappa shape index (κ1) is 14.3. The van der Waals surface area contributed by atoms with Crippen LogP contribution in [0.25, 0.3) is 0 Å². The third-order valence-corrected chi connectivity index (χ3v) is 3.26. The molecule has 0 spiro atoms. The summed E-state index contributed by atoms with van der Waals surface area (Å²) in [5.41, 5.74) is 0.687. The largest absolute Gasteiger partial charge is 0.491 e. The van der Waals surface area contributed by atoms with Crippen molar-refractivity contribution < 1.29 is 9.53 Å². The number of carbonyl (C=O) groups excluding carboxylic acids is 1. The zero-order chi connectivity index (χ0) is 14.5. The summed E-state index contributed by atoms with van der Waals surface area (Å²) in [5.74, 6) is 0.493. The van der Waals surface area contributed by atoms with Crippen LogP contribution >= 0.6 is 11.3 Å². The predicted octanol–water partition coefficient (Wildman–Crippen LogP) is 2.62. The van der Waals surface area contributed by atoms with Crippen molar-refractivity contribution in [3.05, 3.63) is 29.3 Å². The molecule has 1 amide bonds. The molecule has 20 heavy (non-hydrogen) atoms. The summed E-state index contributed by atoms with van der Waals surface area (Å²) >= 11 is 1.20. The van der Waals surface area contributed by atoms with Gasteiger partial charge < -0.3 is 15.4 Å². The number of nitrogens with zero attached hydrogens (tertiary/aromatic N) is 2. The number of rotatable bonds is 5. The summed E-state index contributed by atoms with van der Waals surface area (Å²) in [6, 6.07) is 7.20. The number of nitrogens with one attached hydrogen (secondary N) is 2. The molecule has 1 aromatic heterocycles. The van der Waals surface area contributed by atoms with Crippen LogP contribution in [-0.2, 0) is 0 Å². The smallest absolute Gasteiger partial charge is 0.286 e. The van der Waals surface area contributed by atoms with Crippen molar-refractivity contribution in [1.82, 2.24) is 10.2 Å². The van der Waals surface area contributed by atoms with Gasteiger partial charge in [-0.2, -0.15) is 0 Å². The molecule has 0 bridgehead atoms. The number of hydrogen-bond acceptors (Lipinski definition) is 6. The van der Waals surface area contributed by atoms with Gasteiger partial charge in [-0.25, -0.2) is 0 Å². The van der Waals surface area contributed by atoms with Gasteiger partial charge in [0.15, 0.2) is 0 Å². The second kappa shape index (κ2) is 6.33. The standard InChI is InChI=1S/C13H16N4O2S/c1-8(2)19-10-6-4-9(5-7-10)15-11(18)12-16-17-13(14-3)20-12/h4-8H,1-3H3,(H,14,17)(H,15,18). The molecule has 0 saturated heterocycles. The first-order chi connectivity index (χ1) is 9.58. The van der Waals surface area contributed by atoms with Crippen LogP contribution in [0, 0.1) is 0 Å². The molecule has 2 rings (SSSR count). The van der Waals surface area contributed by atoms with E-state index in [9.17, 15) is 4.79 Å². The Morgan fingerprint density at radius 2 is 1.95 bits per heavy atom. The van der Waals surface area contributed by atoms with Gasteiger partial charge in [0.05, 0.1) is 6.10 Å². The van der Waals surface area contributed by atoms with Gasteiger partial charge in [0.25, 0.3) is 5.91 Å². The molecule has 0 unspecified atom stereocenters. The fourth-order valence-corrected chi connectivity index (χ4v) is 2.08. The summed E-state index contributed by atoms with van der Waals surface area (Å²) in [5, 5.41) is 14.2. The number of ether oxygens (including phenoxy) is 1. The molecule has 0 aliphatic heterocycles. The van der Waals surface area contributed by atoms with Crippen molar-refractivity contribution in [3.63, 3.8) is 0 Å². The van der Waals surface area contributed by atoms with Crippen molar-refractivity contribution in [1.29, 1.82) is 0 Å². The predicted molar refractivity (Wildman–Crippen MR) is 79.6 cm³/mol. The molecule has 0 atom stereocenters. The Bertz CT molecular complexity index is 580. The van der Waals surface area contributed by atoms with Crippen LogP contribution < -0.4 is 15.4 Å². The second-order valence-electron chi connectivity index (χ2n) is 4.31. The number of amides is 1. The van der Waals surface area contributed by atoms with Crippen molar-refractivity contribution in [2.45, 2.75) is 20.0 Å². The summed E-state index contributed by atoms with van der Waals surface area (Å²) in [6.45, 7) is 3.93. The first-order valence-corrected chi connectivity index (χ1v) is 6.99. The fourth-order valence-electron chi connectivity index (χ4n) is 1.49. The highest BCUT2D eigenvalue weighted by Gasteiger charge is 2.12. The van der Waals surface area contributed by atoms with Gasteiger partial charge in [0.2, 0.25) is 10.1 Å². The van der Waals surface area contributed by atoms with Crippen LogP contribution in [0.1, 0.15) is 23.6 Å². The minimum Gasteiger partial charge on any atom is -0.491 e. The molecule has 2 aromatic rings. The lowest BCUT2D eigenvalue weighted by Gasteiger charge is -2.10. The molecule has 1 heterocycles. The van der Waals surface area contributed by atoms with Crippen LogP contribution in [0.5, 0.6) is 5.75 Å². The van der Waals surface area contributed by atoms with E-state index in [0.29, 0.717) is 15.8 Å². The summed E-state index contributed by atoms with van der Waals surface area (Å²) in [4.78, 5) is 11.9. The number of anilines is 2. The first-order valence-electron chi connectivity index (χ1n) is 6.18. The van der Waals surface area contributed by atoms with Crippen molar-refractivity contribution in [2.24, 2.45) is 0 Å². The van der Waals surface area contributed by atoms with E-state index in [1.807, 2.05) is 26.0 Å². The minimum absolute atomic E-state index is 0.122. The zero-order valence-corrected chi connectivity index (χ0v) is 12.3. The lowest BCUT2D eigenvalue weighted by atomic mass is 10.3. The van der Waals surface area contributed by atoms with Gasteiger partial charge in [-0.1, -0.05) is 11.3 Å². The summed E-state index contributed by atoms with van der Waals surface area (Å²) in [6.07, 6.45) is 0.122. The second-order valence-corrected chi connectivity index (χ2v) is 5.28. The Hall–Kier alpha value is -2.15. The molecule has 0 aliphatic carbocycles. The summed E-state index contributed by atoms with van der Waals surface area (Å²) < 4.78 is 5.54. The van der Waals surface area contributed by atoms with Crippen molar-refractivity contribution >= 4 is 28.1 Å². The molecule has 0 radical (unpaired) electrons. The van der Waals surface area contributed by atoms with Gasteiger partial charge in [-0.15, -0.1) is 10.2 Å². The zero-order valence-electron chi connectivity index (χ0n) is 11.5. The number of hydrogen-bond donors (Lipinski definition) is 2. The van der Waals surface area contributed by atoms with E-state index in [0.717, 1.165) is 5.75 Å². The third-order valence-electron chi connectivity index (χ3n) is 2.32. The van der Waals surface area contributed by atoms with E-state index < -0.39 is 0 Å². The van der Waals surface area contributed by atoms with E-state index >= 15 is 0 Å². The van der Waals surface area contributed by atoms with Crippen molar-refractivity contribution in [3.8, 4) is 5.75 Å². The van der Waals surface area contributed by atoms with Gasteiger partial charge >= 0.3 is 0 Å². The van der Waals surface area contributed by atoms with Crippen LogP contribution in [0.15, 0.2) is 24.3 Å². The number of benzene rings is 1. The van der Waals surface area contributed by atoms with Crippen LogP contribution in [0.3, 0.4) is 0 Å². The van der Waals surface area contributed by atoms with Crippen LogP contribution in [0.4, 0.5) is 10.8 Å². The SMILES string of the molecule is CNc1nnc(C(=O)Nc2ccc(OC(C)C)cc2)s1. The average molecular weight is 292 g/mol. The molecular weight excluding hydrogens is 276 g/mol. The Balaban J connectivity index is 2.00. The molecular formula is C13H16N4O2S. The van der Waals surface area contributed by atoms with Gasteiger partial charge in [0, 0.05) is 12.7 Å². The van der Waals surface area contributed by atoms with E-state index in [1.165, 1.54) is 11.3 Å². The molecule has 106 valence electrons. The average Bonchev–Trinajstić information content (AvgIpc) is 2.89. The van der Waals surface area contributed by atoms with E-state index in [4.69, 9.17) is 4.74 Å². The van der Waals surface area contributed by atoms with Gasteiger partial charge in [-0.05, 0) is 38.1 Å². The molecule has 1 aromatic carbocycles. The molecule has 0 fully saturated rings. The highest BCUT2D eigenvalue weighted by Crippen LogP contribution is 2.19. The van der Waals surface area contributed by atoms with E-state index in [1.54, 1.807) is 19.2 Å². The molecule has 2 N–H and O–H groups in total. The molecule has 0 saturated carbocycles. The Kier molecular flexibility index (Phi) is 4.52. The lowest BCUT2D eigenvalue weighted by molar-refractivity contribution is 0.102. The quantitative estimate of drug-likeness (QED) is 0.886. The Morgan fingerprint density at radius 1 is 1.25 bits per heavy atom. The highest BCUT2D eigenvalue weighted by molar-refractivity contribution is 7.17. The normalized spacial score (nSPS) is 10.4. The topological polar surface area (TPSA) is 76.1 Å². The monoisotopic (exact) mass is 292 g/mol. The number of aromatic nitrogens is 2. The van der Waals surface area contributed by atoms with E-state index in [-0.39, 0.29) is 12.0 Å². The van der Waals surface area contributed by atoms with Crippen LogP contribution in [0.2, 0.25) is 0 Å². The summed E-state index contributed by atoms with van der Waals surface area (Å²) in [7, 11) is 1.73. The molecule has 7 heteroatoms. The van der Waals surface area contributed by atoms with Gasteiger partial charge in [0.1, 0.15) is 5.75 Å². The highest BCUT2D eigenvalue weighted by atomic mass is 32.1. The maximum Gasteiger partial charge on any atom is 0.286 e. The molecule has 6 nitrogen and oxygen atoms in total. The van der Waals surface area contributed by atoms with Gasteiger partial charge in [-0.3, -0.25) is 4.79 Å². The van der Waals surface area contributed by atoms with E-state index in [2.05, 4.69) is 20.8 Å². The maximum atomic E-state index is 11.9. The lowest BCUT2D eigenvalue weighted by Crippen LogP contribution is -2.11. The Labute approximate surface area is 121 Å². The van der Waals surface area contributed by atoms with Crippen LogP contribution in [-0.4, -0.2) is 29.3 Å². The third kappa shape index (κ3) is 3.67. The Morgan fingerprint density at radius 3 is 2.50 bits per heavy atom. The van der Waals surface area contributed by atoms with Crippen molar-refractivity contribution in [2.75, 3.05) is 17.7 Å². The number of carbonyl (C=O) groups is 1. The minimum atomic E-state index is -0.276. The molecule has 0 aliphatic rings. The fraction of sp³-hybridized carbons (Fsp3) is 0.308. The maximum absolute atomic E-state index is 11.9.